The number of aromatic nitrogens is 1. The molecule has 5 nitrogen and oxygen atoms in total. The van der Waals surface area contributed by atoms with E-state index in [9.17, 15) is 4.79 Å². The quantitative estimate of drug-likeness (QED) is 0.834. The molecule has 0 spiro atoms. The average molecular weight is 256 g/mol. The second kappa shape index (κ2) is 5.46. The number of hydrogen-bond acceptors (Lipinski definition) is 6. The average Bonchev–Trinajstić information content (AvgIpc) is 2.97. The summed E-state index contributed by atoms with van der Waals surface area (Å²) in [6.07, 6.45) is 5.08. The number of esters is 1. The van der Waals surface area contributed by atoms with Crippen molar-refractivity contribution in [3.8, 4) is 0 Å². The van der Waals surface area contributed by atoms with E-state index in [-0.39, 0.29) is 18.1 Å². The molecular weight excluding hydrogens is 240 g/mol. The number of thiazole rings is 1. The molecule has 1 fully saturated rings. The number of nitrogens with zero attached hydrogens (tertiary/aromatic N) is 1. The third-order valence-corrected chi connectivity index (χ3v) is 3.87. The lowest BCUT2D eigenvalue weighted by Gasteiger charge is -2.18. The van der Waals surface area contributed by atoms with Crippen LogP contribution in [0.2, 0.25) is 0 Å². The molecule has 0 saturated heterocycles. The lowest BCUT2D eigenvalue weighted by molar-refractivity contribution is 0.0606. The summed E-state index contributed by atoms with van der Waals surface area (Å²) in [5.74, 6) is -0.342. The van der Waals surface area contributed by atoms with E-state index in [1.165, 1.54) is 24.6 Å². The molecule has 0 radical (unpaired) electrons. The zero-order chi connectivity index (χ0) is 12.3. The Morgan fingerprint density at radius 2 is 2.35 bits per heavy atom. The van der Waals surface area contributed by atoms with E-state index in [1.807, 2.05) is 0 Å². The highest BCUT2D eigenvalue weighted by molar-refractivity contribution is 7.17. The van der Waals surface area contributed by atoms with Crippen LogP contribution in [0.4, 0.5) is 5.13 Å². The van der Waals surface area contributed by atoms with Gasteiger partial charge >= 0.3 is 5.97 Å². The normalized spacial score (nSPS) is 23.6. The van der Waals surface area contributed by atoms with Gasteiger partial charge in [-0.05, 0) is 19.3 Å². The fourth-order valence-corrected chi connectivity index (χ4v) is 2.86. The molecule has 0 bridgehead atoms. The Hall–Kier alpha value is -1.14. The predicted octanol–water partition coefficient (Wildman–Crippen LogP) is 1.91. The first kappa shape index (κ1) is 12.3. The number of carbonyl (C=O) groups excluding carboxylic acids is 1. The lowest BCUT2D eigenvalue weighted by Crippen LogP contribution is -2.29. The lowest BCUT2D eigenvalue weighted by atomic mass is 10.2. The number of nitrogens with one attached hydrogen (secondary N) is 1. The maximum absolute atomic E-state index is 11.3. The van der Waals surface area contributed by atoms with Crippen LogP contribution in [0.15, 0.2) is 6.20 Å². The van der Waals surface area contributed by atoms with E-state index in [0.717, 1.165) is 24.4 Å². The topological polar surface area (TPSA) is 60.5 Å². The van der Waals surface area contributed by atoms with Crippen LogP contribution in [0.1, 0.15) is 28.9 Å². The maximum atomic E-state index is 11.3. The summed E-state index contributed by atoms with van der Waals surface area (Å²) in [5.41, 5.74) is 0. The highest BCUT2D eigenvalue weighted by Gasteiger charge is 2.27. The molecule has 2 unspecified atom stereocenters. The minimum Gasteiger partial charge on any atom is -0.465 e. The van der Waals surface area contributed by atoms with Gasteiger partial charge in [0.25, 0.3) is 0 Å². The number of anilines is 1. The molecule has 1 heterocycles. The van der Waals surface area contributed by atoms with Gasteiger partial charge in [0.05, 0.1) is 25.5 Å². The molecular formula is C11H16N2O3S. The van der Waals surface area contributed by atoms with Crippen LogP contribution in [0, 0.1) is 0 Å². The van der Waals surface area contributed by atoms with Crippen molar-refractivity contribution >= 4 is 22.4 Å². The van der Waals surface area contributed by atoms with Crippen LogP contribution in [-0.2, 0) is 9.47 Å². The number of hydrogen-bond donors (Lipinski definition) is 1. The molecule has 0 amide bonds. The Morgan fingerprint density at radius 3 is 3.06 bits per heavy atom. The van der Waals surface area contributed by atoms with E-state index in [0.29, 0.717) is 4.88 Å². The number of carbonyl (C=O) groups is 1. The summed E-state index contributed by atoms with van der Waals surface area (Å²) in [6, 6.07) is 0.289. The van der Waals surface area contributed by atoms with Crippen LogP contribution in [0.5, 0.6) is 0 Å². The SMILES string of the molecule is COC(=O)c1cnc(NC2CCCC2OC)s1. The van der Waals surface area contributed by atoms with Gasteiger partial charge in [0.1, 0.15) is 4.88 Å². The molecule has 0 aliphatic heterocycles. The van der Waals surface area contributed by atoms with Gasteiger partial charge in [-0.15, -0.1) is 0 Å². The Labute approximate surface area is 104 Å². The van der Waals surface area contributed by atoms with Crippen LogP contribution >= 0.6 is 11.3 Å². The molecule has 1 aliphatic carbocycles. The highest BCUT2D eigenvalue weighted by Crippen LogP contribution is 2.27. The molecule has 0 aromatic carbocycles. The van der Waals surface area contributed by atoms with Crippen molar-refractivity contribution in [3.05, 3.63) is 11.1 Å². The first-order chi connectivity index (χ1) is 8.24. The molecule has 6 heteroatoms. The van der Waals surface area contributed by atoms with Gasteiger partial charge in [0, 0.05) is 7.11 Å². The van der Waals surface area contributed by atoms with E-state index in [1.54, 1.807) is 7.11 Å². The summed E-state index contributed by atoms with van der Waals surface area (Å²) < 4.78 is 10.0. The Bertz CT molecular complexity index is 394. The number of rotatable bonds is 4. The second-order valence-corrected chi connectivity index (χ2v) is 5.01. The Balaban J connectivity index is 1.99. The van der Waals surface area contributed by atoms with Crippen LogP contribution in [0.3, 0.4) is 0 Å². The molecule has 1 aromatic heterocycles. The Morgan fingerprint density at radius 1 is 1.53 bits per heavy atom. The van der Waals surface area contributed by atoms with Crippen molar-refractivity contribution in [1.82, 2.24) is 4.98 Å². The van der Waals surface area contributed by atoms with Crippen molar-refractivity contribution in [2.24, 2.45) is 0 Å². The predicted molar refractivity (Wildman–Crippen MR) is 65.5 cm³/mol. The van der Waals surface area contributed by atoms with Crippen LogP contribution in [0.25, 0.3) is 0 Å². The van der Waals surface area contributed by atoms with Crippen LogP contribution in [-0.4, -0.2) is 37.3 Å². The number of ether oxygens (including phenoxy) is 2. The molecule has 1 saturated carbocycles. The zero-order valence-electron chi connectivity index (χ0n) is 9.93. The third-order valence-electron chi connectivity index (χ3n) is 2.96. The second-order valence-electron chi connectivity index (χ2n) is 3.98. The smallest absolute Gasteiger partial charge is 0.349 e. The maximum Gasteiger partial charge on any atom is 0.349 e. The highest BCUT2D eigenvalue weighted by atomic mass is 32.1. The van der Waals surface area contributed by atoms with E-state index < -0.39 is 0 Å². The van der Waals surface area contributed by atoms with Crippen molar-refractivity contribution in [2.45, 2.75) is 31.4 Å². The molecule has 1 aliphatic rings. The van der Waals surface area contributed by atoms with Gasteiger partial charge in [-0.25, -0.2) is 9.78 Å². The fraction of sp³-hybridized carbons (Fsp3) is 0.636. The standard InChI is InChI=1S/C11H16N2O3S/c1-15-8-5-3-4-7(8)13-11-12-6-9(17-11)10(14)16-2/h6-8H,3-5H2,1-2H3,(H,12,13). The number of methoxy groups -OCH3 is 2. The summed E-state index contributed by atoms with van der Waals surface area (Å²) in [4.78, 5) is 16.0. The fourth-order valence-electron chi connectivity index (χ4n) is 2.07. The van der Waals surface area contributed by atoms with Gasteiger partial charge in [0.2, 0.25) is 0 Å². The summed E-state index contributed by atoms with van der Waals surface area (Å²) in [5, 5.41) is 4.07. The van der Waals surface area contributed by atoms with Crippen LogP contribution < -0.4 is 5.32 Å². The van der Waals surface area contributed by atoms with Crippen molar-refractivity contribution in [2.75, 3.05) is 19.5 Å². The van der Waals surface area contributed by atoms with Gasteiger partial charge < -0.3 is 14.8 Å². The van der Waals surface area contributed by atoms with Crippen molar-refractivity contribution in [3.63, 3.8) is 0 Å². The summed E-state index contributed by atoms with van der Waals surface area (Å²) >= 11 is 1.31. The van der Waals surface area contributed by atoms with E-state index in [2.05, 4.69) is 15.0 Å². The molecule has 1 N–H and O–H groups in total. The minimum atomic E-state index is -0.342. The van der Waals surface area contributed by atoms with E-state index >= 15 is 0 Å². The van der Waals surface area contributed by atoms with Gasteiger partial charge in [0.15, 0.2) is 5.13 Å². The molecule has 94 valence electrons. The van der Waals surface area contributed by atoms with Crippen molar-refractivity contribution in [1.29, 1.82) is 0 Å². The monoisotopic (exact) mass is 256 g/mol. The Kier molecular flexibility index (Phi) is 3.96. The van der Waals surface area contributed by atoms with Gasteiger partial charge in [-0.2, -0.15) is 0 Å². The molecule has 2 rings (SSSR count). The summed E-state index contributed by atoms with van der Waals surface area (Å²) in [6.45, 7) is 0. The molecule has 1 aromatic rings. The van der Waals surface area contributed by atoms with Crippen molar-refractivity contribution < 1.29 is 14.3 Å². The zero-order valence-corrected chi connectivity index (χ0v) is 10.8. The van der Waals surface area contributed by atoms with Gasteiger partial charge in [-0.3, -0.25) is 0 Å². The first-order valence-electron chi connectivity index (χ1n) is 5.58. The largest absolute Gasteiger partial charge is 0.465 e. The van der Waals surface area contributed by atoms with E-state index in [4.69, 9.17) is 4.74 Å². The molecule has 2 atom stereocenters. The van der Waals surface area contributed by atoms with Gasteiger partial charge in [-0.1, -0.05) is 11.3 Å². The third kappa shape index (κ3) is 2.76. The first-order valence-corrected chi connectivity index (χ1v) is 6.39. The molecule has 17 heavy (non-hydrogen) atoms. The minimum absolute atomic E-state index is 0.237. The summed E-state index contributed by atoms with van der Waals surface area (Å²) in [7, 11) is 3.10.